The zero-order valence-corrected chi connectivity index (χ0v) is 14.4. The molecule has 2 aromatic heterocycles. The molecule has 124 valence electrons. The lowest BCUT2D eigenvalue weighted by molar-refractivity contribution is 0.0949. The van der Waals surface area contributed by atoms with Crippen LogP contribution in [0.1, 0.15) is 23.8 Å². The van der Waals surface area contributed by atoms with E-state index in [0.29, 0.717) is 33.0 Å². The van der Waals surface area contributed by atoms with Crippen molar-refractivity contribution in [2.45, 2.75) is 13.3 Å². The molecule has 1 amide bonds. The number of anilines is 1. The first kappa shape index (κ1) is 16.5. The fourth-order valence-electron chi connectivity index (χ4n) is 2.32. The molecular formula is C16H15ClN4O2S. The maximum atomic E-state index is 12.7. The summed E-state index contributed by atoms with van der Waals surface area (Å²) in [6.07, 6.45) is 0.803. The molecule has 0 radical (unpaired) electrons. The lowest BCUT2D eigenvalue weighted by Gasteiger charge is -2.09. The molecule has 0 aliphatic heterocycles. The number of nitrogen functional groups attached to an aromatic ring is 1. The summed E-state index contributed by atoms with van der Waals surface area (Å²) in [5, 5.41) is 10.4. The minimum Gasteiger partial charge on any atom is -0.390 e. The van der Waals surface area contributed by atoms with Crippen LogP contribution in [0.5, 0.6) is 0 Å². The van der Waals surface area contributed by atoms with Gasteiger partial charge in [0.1, 0.15) is 0 Å². The van der Waals surface area contributed by atoms with Crippen molar-refractivity contribution < 1.29 is 4.79 Å². The SMILES string of the molecule is CCCNC(=O)c1nn(-c2ccc(Cl)cc2)c(=O)c2c(N)scc12. The van der Waals surface area contributed by atoms with Crippen LogP contribution in [-0.4, -0.2) is 22.2 Å². The van der Waals surface area contributed by atoms with Crippen LogP contribution in [0.3, 0.4) is 0 Å². The highest BCUT2D eigenvalue weighted by atomic mass is 35.5. The number of hydrogen-bond acceptors (Lipinski definition) is 5. The zero-order chi connectivity index (χ0) is 17.3. The average molecular weight is 363 g/mol. The highest BCUT2D eigenvalue weighted by molar-refractivity contribution is 7.15. The van der Waals surface area contributed by atoms with E-state index >= 15 is 0 Å². The molecule has 2 heterocycles. The van der Waals surface area contributed by atoms with Crippen LogP contribution >= 0.6 is 22.9 Å². The molecule has 3 aromatic rings. The van der Waals surface area contributed by atoms with Crippen LogP contribution in [0.2, 0.25) is 5.02 Å². The summed E-state index contributed by atoms with van der Waals surface area (Å²) in [5.74, 6) is -0.331. The first-order valence-corrected chi connectivity index (χ1v) is 8.62. The molecule has 0 bridgehead atoms. The number of carbonyl (C=O) groups excluding carboxylic acids is 1. The number of nitrogens with two attached hydrogens (primary N) is 1. The summed E-state index contributed by atoms with van der Waals surface area (Å²) in [6, 6.07) is 6.64. The first-order chi connectivity index (χ1) is 11.5. The van der Waals surface area contributed by atoms with E-state index in [2.05, 4.69) is 10.4 Å². The first-order valence-electron chi connectivity index (χ1n) is 7.37. The second-order valence-electron chi connectivity index (χ2n) is 5.19. The maximum Gasteiger partial charge on any atom is 0.282 e. The summed E-state index contributed by atoms with van der Waals surface area (Å²) < 4.78 is 1.18. The van der Waals surface area contributed by atoms with Crippen molar-refractivity contribution in [2.24, 2.45) is 0 Å². The van der Waals surface area contributed by atoms with E-state index in [1.165, 1.54) is 16.0 Å². The van der Waals surface area contributed by atoms with Gasteiger partial charge >= 0.3 is 0 Å². The van der Waals surface area contributed by atoms with Crippen LogP contribution in [0.4, 0.5) is 5.00 Å². The summed E-state index contributed by atoms with van der Waals surface area (Å²) in [7, 11) is 0. The van der Waals surface area contributed by atoms with Crippen molar-refractivity contribution in [1.82, 2.24) is 15.1 Å². The maximum absolute atomic E-state index is 12.7. The molecule has 3 N–H and O–H groups in total. The topological polar surface area (TPSA) is 90.0 Å². The normalized spacial score (nSPS) is 10.9. The second-order valence-corrected chi connectivity index (χ2v) is 6.53. The largest absolute Gasteiger partial charge is 0.390 e. The number of aromatic nitrogens is 2. The van der Waals surface area contributed by atoms with E-state index in [1.807, 2.05) is 6.92 Å². The monoisotopic (exact) mass is 362 g/mol. The van der Waals surface area contributed by atoms with Gasteiger partial charge in [0, 0.05) is 22.3 Å². The fraction of sp³-hybridized carbons (Fsp3) is 0.188. The summed E-state index contributed by atoms with van der Waals surface area (Å²) in [6.45, 7) is 2.49. The molecule has 0 aliphatic carbocycles. The van der Waals surface area contributed by atoms with Crippen LogP contribution in [0, 0.1) is 0 Å². The Labute approximate surface area is 146 Å². The van der Waals surface area contributed by atoms with Gasteiger partial charge in [-0.05, 0) is 30.7 Å². The Morgan fingerprint density at radius 3 is 2.75 bits per heavy atom. The third-order valence-corrected chi connectivity index (χ3v) is 4.57. The van der Waals surface area contributed by atoms with Crippen LogP contribution in [0.25, 0.3) is 16.5 Å². The van der Waals surface area contributed by atoms with Crippen molar-refractivity contribution >= 4 is 44.6 Å². The molecule has 6 nitrogen and oxygen atoms in total. The standard InChI is InChI=1S/C16H15ClN4O2S/c1-2-7-19-15(22)13-11-8-24-14(18)12(11)16(23)21(20-13)10-5-3-9(17)4-6-10/h3-6,8H,2,7,18H2,1H3,(H,19,22). The molecule has 24 heavy (non-hydrogen) atoms. The Morgan fingerprint density at radius 2 is 2.08 bits per heavy atom. The van der Waals surface area contributed by atoms with E-state index in [0.717, 1.165) is 6.42 Å². The smallest absolute Gasteiger partial charge is 0.282 e. The molecule has 1 aromatic carbocycles. The van der Waals surface area contributed by atoms with Gasteiger partial charge in [0.15, 0.2) is 5.69 Å². The van der Waals surface area contributed by atoms with E-state index in [9.17, 15) is 9.59 Å². The molecule has 8 heteroatoms. The fourth-order valence-corrected chi connectivity index (χ4v) is 3.24. The molecular weight excluding hydrogens is 348 g/mol. The number of rotatable bonds is 4. The Kier molecular flexibility index (Phi) is 4.55. The second kappa shape index (κ2) is 6.62. The van der Waals surface area contributed by atoms with Gasteiger partial charge in [-0.1, -0.05) is 18.5 Å². The Balaban J connectivity index is 2.25. The molecule has 0 saturated heterocycles. The summed E-state index contributed by atoms with van der Waals surface area (Å²) in [5.41, 5.74) is 6.28. The Morgan fingerprint density at radius 1 is 1.38 bits per heavy atom. The number of carbonyl (C=O) groups is 1. The minimum absolute atomic E-state index is 0.181. The van der Waals surface area contributed by atoms with Gasteiger partial charge in [0.2, 0.25) is 0 Å². The number of hydrogen-bond donors (Lipinski definition) is 2. The van der Waals surface area contributed by atoms with E-state index in [1.54, 1.807) is 29.6 Å². The molecule has 0 atom stereocenters. The number of thiophene rings is 1. The van der Waals surface area contributed by atoms with Crippen molar-refractivity contribution in [3.05, 3.63) is 50.7 Å². The zero-order valence-electron chi connectivity index (χ0n) is 12.9. The third kappa shape index (κ3) is 2.88. The number of nitrogens with zero attached hydrogens (tertiary/aromatic N) is 2. The van der Waals surface area contributed by atoms with Gasteiger partial charge in [0.25, 0.3) is 11.5 Å². The molecule has 0 unspecified atom stereocenters. The summed E-state index contributed by atoms with van der Waals surface area (Å²) in [4.78, 5) is 25.2. The quantitative estimate of drug-likeness (QED) is 0.746. The summed E-state index contributed by atoms with van der Waals surface area (Å²) >= 11 is 7.11. The third-order valence-electron chi connectivity index (χ3n) is 3.50. The molecule has 3 rings (SSSR count). The highest BCUT2D eigenvalue weighted by Crippen LogP contribution is 2.27. The van der Waals surface area contributed by atoms with Gasteiger partial charge in [0.05, 0.1) is 16.1 Å². The lowest BCUT2D eigenvalue weighted by Crippen LogP contribution is -2.30. The van der Waals surface area contributed by atoms with Gasteiger partial charge in [-0.25, -0.2) is 0 Å². The van der Waals surface area contributed by atoms with Crippen LogP contribution in [-0.2, 0) is 0 Å². The van der Waals surface area contributed by atoms with Gasteiger partial charge in [-0.3, -0.25) is 9.59 Å². The Bertz CT molecular complexity index is 963. The van der Waals surface area contributed by atoms with Crippen molar-refractivity contribution in [2.75, 3.05) is 12.3 Å². The van der Waals surface area contributed by atoms with Gasteiger partial charge < -0.3 is 11.1 Å². The molecule has 0 fully saturated rings. The van der Waals surface area contributed by atoms with E-state index < -0.39 is 0 Å². The van der Waals surface area contributed by atoms with Crippen molar-refractivity contribution in [1.29, 1.82) is 0 Å². The van der Waals surface area contributed by atoms with E-state index in [4.69, 9.17) is 17.3 Å². The molecule has 0 aliphatic rings. The number of nitrogens with one attached hydrogen (secondary N) is 1. The number of halogens is 1. The lowest BCUT2D eigenvalue weighted by atomic mass is 10.2. The number of amides is 1. The molecule has 0 spiro atoms. The average Bonchev–Trinajstić information content (AvgIpc) is 2.96. The highest BCUT2D eigenvalue weighted by Gasteiger charge is 2.20. The number of benzene rings is 1. The number of fused-ring (bicyclic) bond motifs is 1. The van der Waals surface area contributed by atoms with E-state index in [-0.39, 0.29) is 17.2 Å². The van der Waals surface area contributed by atoms with Crippen LogP contribution < -0.4 is 16.6 Å². The predicted octanol–water partition coefficient (Wildman–Crippen LogP) is 2.82. The van der Waals surface area contributed by atoms with Crippen molar-refractivity contribution in [3.63, 3.8) is 0 Å². The Hall–Kier alpha value is -2.38. The van der Waals surface area contributed by atoms with Gasteiger partial charge in [-0.2, -0.15) is 9.78 Å². The van der Waals surface area contributed by atoms with Crippen molar-refractivity contribution in [3.8, 4) is 5.69 Å². The van der Waals surface area contributed by atoms with Gasteiger partial charge in [-0.15, -0.1) is 11.3 Å². The minimum atomic E-state index is -0.363. The predicted molar refractivity (Wildman–Crippen MR) is 97.3 cm³/mol. The molecule has 0 saturated carbocycles. The van der Waals surface area contributed by atoms with Crippen LogP contribution in [0.15, 0.2) is 34.4 Å².